The van der Waals surface area contributed by atoms with Crippen LogP contribution in [0.1, 0.15) is 5.56 Å². The summed E-state index contributed by atoms with van der Waals surface area (Å²) in [5.74, 6) is 0. The maximum absolute atomic E-state index is 12.6. The molecular formula is C15H16N2O4S2. The molecular weight excluding hydrogens is 336 g/mol. The predicted octanol–water partition coefficient (Wildman–Crippen LogP) is 3.14. The number of benzene rings is 2. The Morgan fingerprint density at radius 1 is 1.13 bits per heavy atom. The lowest BCUT2D eigenvalue weighted by Gasteiger charge is -2.17. The Bertz CT molecular complexity index is 804. The van der Waals surface area contributed by atoms with Gasteiger partial charge in [-0.05, 0) is 30.0 Å². The van der Waals surface area contributed by atoms with Crippen LogP contribution in [0.3, 0.4) is 0 Å². The van der Waals surface area contributed by atoms with E-state index in [1.54, 1.807) is 11.8 Å². The molecule has 0 N–H and O–H groups in total. The van der Waals surface area contributed by atoms with Crippen molar-refractivity contribution in [2.45, 2.75) is 16.3 Å². The number of rotatable bonds is 6. The van der Waals surface area contributed by atoms with Crippen LogP contribution in [0.25, 0.3) is 0 Å². The molecule has 0 aromatic heterocycles. The summed E-state index contributed by atoms with van der Waals surface area (Å²) in [5, 5.41) is 11.0. The van der Waals surface area contributed by atoms with Crippen molar-refractivity contribution >= 4 is 27.5 Å². The van der Waals surface area contributed by atoms with Gasteiger partial charge in [-0.2, -0.15) is 4.31 Å². The van der Waals surface area contributed by atoms with Crippen molar-refractivity contribution in [2.24, 2.45) is 0 Å². The van der Waals surface area contributed by atoms with Gasteiger partial charge in [0, 0.05) is 24.6 Å². The number of hydrogen-bond acceptors (Lipinski definition) is 5. The third-order valence-electron chi connectivity index (χ3n) is 3.31. The van der Waals surface area contributed by atoms with Crippen molar-refractivity contribution in [3.8, 4) is 0 Å². The van der Waals surface area contributed by atoms with Crippen molar-refractivity contribution in [1.29, 1.82) is 0 Å². The van der Waals surface area contributed by atoms with Crippen molar-refractivity contribution in [2.75, 3.05) is 13.3 Å². The molecule has 6 nitrogen and oxygen atoms in total. The van der Waals surface area contributed by atoms with Crippen molar-refractivity contribution in [1.82, 2.24) is 4.31 Å². The van der Waals surface area contributed by atoms with E-state index in [9.17, 15) is 18.5 Å². The Balaban J connectivity index is 2.30. The normalized spacial score (nSPS) is 11.6. The summed E-state index contributed by atoms with van der Waals surface area (Å²) >= 11 is 1.60. The first kappa shape index (κ1) is 17.5. The Morgan fingerprint density at radius 3 is 2.30 bits per heavy atom. The monoisotopic (exact) mass is 352 g/mol. The van der Waals surface area contributed by atoms with Crippen LogP contribution < -0.4 is 0 Å². The van der Waals surface area contributed by atoms with E-state index in [2.05, 4.69) is 0 Å². The zero-order valence-electron chi connectivity index (χ0n) is 12.7. The fourth-order valence-corrected chi connectivity index (χ4v) is 3.79. The van der Waals surface area contributed by atoms with E-state index >= 15 is 0 Å². The molecule has 122 valence electrons. The third kappa shape index (κ3) is 3.90. The molecule has 0 bridgehead atoms. The van der Waals surface area contributed by atoms with Gasteiger partial charge in [-0.15, -0.1) is 11.8 Å². The number of hydrogen-bond donors (Lipinski definition) is 0. The molecule has 0 heterocycles. The van der Waals surface area contributed by atoms with Gasteiger partial charge in [0.2, 0.25) is 10.0 Å². The van der Waals surface area contributed by atoms with E-state index in [4.69, 9.17) is 0 Å². The molecule has 2 rings (SSSR count). The molecule has 0 radical (unpaired) electrons. The highest BCUT2D eigenvalue weighted by Gasteiger charge is 2.28. The van der Waals surface area contributed by atoms with Crippen molar-refractivity contribution in [3.63, 3.8) is 0 Å². The van der Waals surface area contributed by atoms with E-state index in [1.807, 2.05) is 30.5 Å². The molecule has 0 atom stereocenters. The second kappa shape index (κ2) is 7.12. The topological polar surface area (TPSA) is 80.5 Å². The van der Waals surface area contributed by atoms with Gasteiger partial charge in [-0.25, -0.2) is 8.42 Å². The van der Waals surface area contributed by atoms with E-state index < -0.39 is 20.6 Å². The second-order valence-electron chi connectivity index (χ2n) is 4.83. The van der Waals surface area contributed by atoms with Gasteiger partial charge in [-0.3, -0.25) is 10.1 Å². The Morgan fingerprint density at radius 2 is 1.74 bits per heavy atom. The minimum Gasteiger partial charge on any atom is -0.258 e. The summed E-state index contributed by atoms with van der Waals surface area (Å²) in [6.45, 7) is 0.142. The first-order valence-corrected chi connectivity index (χ1v) is 9.35. The number of nitrogens with zero attached hydrogens (tertiary/aromatic N) is 2. The molecule has 0 spiro atoms. The number of nitro groups is 1. The number of sulfonamides is 1. The molecule has 0 saturated carbocycles. The summed E-state index contributed by atoms with van der Waals surface area (Å²) in [6, 6.07) is 12.9. The van der Waals surface area contributed by atoms with Crippen LogP contribution >= 0.6 is 11.8 Å². The Kier molecular flexibility index (Phi) is 5.40. The molecule has 2 aromatic rings. The highest BCUT2D eigenvalue weighted by molar-refractivity contribution is 7.98. The van der Waals surface area contributed by atoms with Crippen LogP contribution in [0.15, 0.2) is 58.3 Å². The quantitative estimate of drug-likeness (QED) is 0.453. The van der Waals surface area contributed by atoms with Gasteiger partial charge in [0.25, 0.3) is 5.69 Å². The minimum absolute atomic E-state index is 0.142. The average Bonchev–Trinajstić information content (AvgIpc) is 2.55. The lowest BCUT2D eigenvalue weighted by molar-refractivity contribution is -0.387. The molecule has 2 aromatic carbocycles. The maximum atomic E-state index is 12.6. The zero-order valence-corrected chi connectivity index (χ0v) is 14.3. The van der Waals surface area contributed by atoms with Crippen LogP contribution in [-0.2, 0) is 16.6 Å². The largest absolute Gasteiger partial charge is 0.289 e. The van der Waals surface area contributed by atoms with Gasteiger partial charge < -0.3 is 0 Å². The molecule has 0 amide bonds. The minimum atomic E-state index is -3.94. The number of nitro benzene ring substituents is 1. The molecule has 0 unspecified atom stereocenters. The van der Waals surface area contributed by atoms with E-state index in [-0.39, 0.29) is 11.4 Å². The zero-order chi connectivity index (χ0) is 17.0. The molecule has 23 heavy (non-hydrogen) atoms. The summed E-state index contributed by atoms with van der Waals surface area (Å²) in [4.78, 5) is 11.1. The van der Waals surface area contributed by atoms with Gasteiger partial charge in [-0.1, -0.05) is 24.3 Å². The molecule has 0 aliphatic carbocycles. The Hall–Kier alpha value is -1.90. The standard InChI is InChI=1S/C15H16N2O4S2/c1-16(11-12-7-9-13(22-2)10-8-12)23(20,21)15-6-4-3-5-14(15)17(18)19/h3-10H,11H2,1-2H3. The van der Waals surface area contributed by atoms with Gasteiger partial charge in [0.1, 0.15) is 0 Å². The number of thioether (sulfide) groups is 1. The molecule has 0 aliphatic rings. The lowest BCUT2D eigenvalue weighted by atomic mass is 10.2. The second-order valence-corrected chi connectivity index (χ2v) is 7.73. The highest BCUT2D eigenvalue weighted by Crippen LogP contribution is 2.26. The van der Waals surface area contributed by atoms with Gasteiger partial charge in [0.05, 0.1) is 4.92 Å². The first-order chi connectivity index (χ1) is 10.9. The molecule has 0 aliphatic heterocycles. The van der Waals surface area contributed by atoms with Crippen LogP contribution in [0.2, 0.25) is 0 Å². The smallest absolute Gasteiger partial charge is 0.258 e. The molecule has 8 heteroatoms. The summed E-state index contributed by atoms with van der Waals surface area (Å²) < 4.78 is 26.3. The van der Waals surface area contributed by atoms with Gasteiger partial charge in [0.15, 0.2) is 4.90 Å². The maximum Gasteiger partial charge on any atom is 0.289 e. The van der Waals surface area contributed by atoms with Crippen molar-refractivity contribution in [3.05, 3.63) is 64.2 Å². The summed E-state index contributed by atoms with van der Waals surface area (Å²) in [6.07, 6.45) is 1.96. The molecule has 0 fully saturated rings. The SMILES string of the molecule is CSc1ccc(CN(C)S(=O)(=O)c2ccccc2[N+](=O)[O-])cc1. The first-order valence-electron chi connectivity index (χ1n) is 6.69. The van der Waals surface area contributed by atoms with E-state index in [1.165, 1.54) is 31.3 Å². The molecule has 0 saturated heterocycles. The third-order valence-corrected chi connectivity index (χ3v) is 5.91. The average molecular weight is 352 g/mol. The summed E-state index contributed by atoms with van der Waals surface area (Å²) in [7, 11) is -2.53. The summed E-state index contributed by atoms with van der Waals surface area (Å²) in [5.41, 5.74) is 0.393. The fraction of sp³-hybridized carbons (Fsp3) is 0.200. The van der Waals surface area contributed by atoms with Crippen LogP contribution in [0.4, 0.5) is 5.69 Å². The van der Waals surface area contributed by atoms with Crippen LogP contribution in [-0.4, -0.2) is 30.9 Å². The Labute approximate surface area is 139 Å². The predicted molar refractivity (Wildman–Crippen MR) is 90.0 cm³/mol. The van der Waals surface area contributed by atoms with Crippen LogP contribution in [0.5, 0.6) is 0 Å². The fourth-order valence-electron chi connectivity index (χ4n) is 2.07. The lowest BCUT2D eigenvalue weighted by Crippen LogP contribution is -2.27. The number of para-hydroxylation sites is 1. The van der Waals surface area contributed by atoms with Gasteiger partial charge >= 0.3 is 0 Å². The highest BCUT2D eigenvalue weighted by atomic mass is 32.2. The van der Waals surface area contributed by atoms with Crippen molar-refractivity contribution < 1.29 is 13.3 Å². The van der Waals surface area contributed by atoms with E-state index in [0.29, 0.717) is 0 Å². The van der Waals surface area contributed by atoms with Crippen LogP contribution in [0, 0.1) is 10.1 Å². The van der Waals surface area contributed by atoms with E-state index in [0.717, 1.165) is 14.8 Å².